The Hall–Kier alpha value is -1.57. The second-order valence-electron chi connectivity index (χ2n) is 5.64. The molecule has 1 saturated carbocycles. The van der Waals surface area contributed by atoms with Crippen molar-refractivity contribution in [1.29, 1.82) is 0 Å². The largest absolute Gasteiger partial charge is 0.357 e. The third-order valence-electron chi connectivity index (χ3n) is 3.70. The fraction of sp³-hybridized carbons (Fsp3) is 0.412. The SMILES string of the molecule is CCNC(=NCc1cccc(-n2cccn2)c1)NCC1CC1.I. The van der Waals surface area contributed by atoms with Gasteiger partial charge in [-0.05, 0) is 49.4 Å². The average Bonchev–Trinajstić information content (AvgIpc) is 3.21. The van der Waals surface area contributed by atoms with Crippen LogP contribution in [0.2, 0.25) is 0 Å². The first-order valence-electron chi connectivity index (χ1n) is 7.96. The van der Waals surface area contributed by atoms with E-state index in [-0.39, 0.29) is 24.0 Å². The maximum absolute atomic E-state index is 4.67. The van der Waals surface area contributed by atoms with Crippen molar-refractivity contribution < 1.29 is 0 Å². The molecule has 0 saturated heterocycles. The van der Waals surface area contributed by atoms with Crippen LogP contribution in [0.1, 0.15) is 25.3 Å². The number of hydrogen-bond donors (Lipinski definition) is 2. The normalized spacial score (nSPS) is 14.2. The van der Waals surface area contributed by atoms with Crippen LogP contribution in [-0.2, 0) is 6.54 Å². The number of nitrogens with one attached hydrogen (secondary N) is 2. The molecule has 1 aliphatic rings. The number of rotatable bonds is 6. The molecule has 23 heavy (non-hydrogen) atoms. The third kappa shape index (κ3) is 5.53. The van der Waals surface area contributed by atoms with E-state index in [9.17, 15) is 0 Å². The fourth-order valence-corrected chi connectivity index (χ4v) is 2.29. The Morgan fingerprint density at radius 3 is 2.87 bits per heavy atom. The van der Waals surface area contributed by atoms with Gasteiger partial charge in [0.15, 0.2) is 5.96 Å². The molecule has 1 aliphatic carbocycles. The van der Waals surface area contributed by atoms with E-state index in [2.05, 4.69) is 45.8 Å². The molecule has 1 aromatic heterocycles. The molecule has 0 amide bonds. The summed E-state index contributed by atoms with van der Waals surface area (Å²) in [5.41, 5.74) is 2.24. The van der Waals surface area contributed by atoms with Gasteiger partial charge in [0, 0.05) is 25.5 Å². The summed E-state index contributed by atoms with van der Waals surface area (Å²) in [5.74, 6) is 1.74. The lowest BCUT2D eigenvalue weighted by Crippen LogP contribution is -2.38. The Labute approximate surface area is 154 Å². The van der Waals surface area contributed by atoms with Gasteiger partial charge in [0.2, 0.25) is 0 Å². The molecular weight excluding hydrogens is 401 g/mol. The number of guanidine groups is 1. The van der Waals surface area contributed by atoms with E-state index in [0.29, 0.717) is 6.54 Å². The summed E-state index contributed by atoms with van der Waals surface area (Å²) in [6, 6.07) is 10.3. The molecule has 0 unspecified atom stereocenters. The van der Waals surface area contributed by atoms with Gasteiger partial charge in [-0.1, -0.05) is 12.1 Å². The molecule has 0 bridgehead atoms. The zero-order valence-electron chi connectivity index (χ0n) is 13.4. The minimum Gasteiger partial charge on any atom is -0.357 e. The van der Waals surface area contributed by atoms with Crippen molar-refractivity contribution in [3.8, 4) is 5.69 Å². The minimum absolute atomic E-state index is 0. The molecular formula is C17H24IN5. The van der Waals surface area contributed by atoms with Crippen molar-refractivity contribution in [2.75, 3.05) is 13.1 Å². The zero-order valence-corrected chi connectivity index (χ0v) is 15.7. The Morgan fingerprint density at radius 2 is 2.17 bits per heavy atom. The van der Waals surface area contributed by atoms with Crippen LogP contribution in [0.4, 0.5) is 0 Å². The lowest BCUT2D eigenvalue weighted by atomic mass is 10.2. The molecule has 2 N–H and O–H groups in total. The summed E-state index contributed by atoms with van der Waals surface area (Å²) in [6.07, 6.45) is 6.43. The third-order valence-corrected chi connectivity index (χ3v) is 3.70. The van der Waals surface area contributed by atoms with Crippen molar-refractivity contribution >= 4 is 29.9 Å². The van der Waals surface area contributed by atoms with Crippen LogP contribution in [-0.4, -0.2) is 28.8 Å². The first kappa shape index (κ1) is 17.8. The second kappa shape index (κ2) is 8.90. The fourth-order valence-electron chi connectivity index (χ4n) is 2.29. The standard InChI is InChI=1S/C17H23N5.HI/c1-2-18-17(19-12-14-7-8-14)20-13-15-5-3-6-16(11-15)22-10-4-9-21-22;/h3-6,9-11,14H,2,7-8,12-13H2,1H3,(H2,18,19,20);1H. The van der Waals surface area contributed by atoms with Gasteiger partial charge >= 0.3 is 0 Å². The van der Waals surface area contributed by atoms with Gasteiger partial charge in [0.1, 0.15) is 0 Å². The van der Waals surface area contributed by atoms with Crippen LogP contribution in [0.5, 0.6) is 0 Å². The van der Waals surface area contributed by atoms with Gasteiger partial charge < -0.3 is 10.6 Å². The van der Waals surface area contributed by atoms with Crippen LogP contribution in [0.3, 0.4) is 0 Å². The van der Waals surface area contributed by atoms with Gasteiger partial charge in [-0.2, -0.15) is 5.10 Å². The Morgan fingerprint density at radius 1 is 1.30 bits per heavy atom. The van der Waals surface area contributed by atoms with Crippen molar-refractivity contribution in [2.45, 2.75) is 26.3 Å². The summed E-state index contributed by atoms with van der Waals surface area (Å²) in [4.78, 5) is 4.67. The number of hydrogen-bond acceptors (Lipinski definition) is 2. The molecule has 1 heterocycles. The Kier molecular flexibility index (Phi) is 6.88. The van der Waals surface area contributed by atoms with Crippen LogP contribution >= 0.6 is 24.0 Å². The molecule has 2 aromatic rings. The summed E-state index contributed by atoms with van der Waals surface area (Å²) >= 11 is 0. The van der Waals surface area contributed by atoms with E-state index in [1.54, 1.807) is 6.20 Å². The maximum atomic E-state index is 4.67. The molecule has 0 atom stereocenters. The number of halogens is 1. The van der Waals surface area contributed by atoms with Crippen LogP contribution in [0.15, 0.2) is 47.7 Å². The molecule has 1 aromatic carbocycles. The molecule has 124 valence electrons. The highest BCUT2D eigenvalue weighted by Crippen LogP contribution is 2.27. The van der Waals surface area contributed by atoms with Gasteiger partial charge in [-0.3, -0.25) is 0 Å². The first-order valence-corrected chi connectivity index (χ1v) is 7.96. The molecule has 0 radical (unpaired) electrons. The molecule has 1 fully saturated rings. The Balaban J connectivity index is 0.00000192. The van der Waals surface area contributed by atoms with Crippen molar-refractivity contribution in [3.05, 3.63) is 48.3 Å². The average molecular weight is 425 g/mol. The highest BCUT2D eigenvalue weighted by Gasteiger charge is 2.20. The second-order valence-corrected chi connectivity index (χ2v) is 5.64. The van der Waals surface area contributed by atoms with E-state index in [1.165, 1.54) is 18.4 Å². The summed E-state index contributed by atoms with van der Waals surface area (Å²) < 4.78 is 1.86. The van der Waals surface area contributed by atoms with Crippen molar-refractivity contribution in [3.63, 3.8) is 0 Å². The van der Waals surface area contributed by atoms with E-state index in [4.69, 9.17) is 0 Å². The maximum Gasteiger partial charge on any atom is 0.191 e. The number of aliphatic imine (C=N–C) groups is 1. The molecule has 0 aliphatic heterocycles. The predicted octanol–water partition coefficient (Wildman–Crippen LogP) is 2.96. The molecule has 5 nitrogen and oxygen atoms in total. The predicted molar refractivity (Wildman–Crippen MR) is 105 cm³/mol. The van der Waals surface area contributed by atoms with E-state index < -0.39 is 0 Å². The van der Waals surface area contributed by atoms with Gasteiger partial charge in [-0.15, -0.1) is 24.0 Å². The summed E-state index contributed by atoms with van der Waals surface area (Å²) in [5, 5.41) is 11.0. The minimum atomic E-state index is 0. The van der Waals surface area contributed by atoms with Crippen LogP contribution < -0.4 is 10.6 Å². The first-order chi connectivity index (χ1) is 10.8. The zero-order chi connectivity index (χ0) is 15.2. The quantitative estimate of drug-likeness (QED) is 0.425. The monoisotopic (exact) mass is 425 g/mol. The van der Waals surface area contributed by atoms with E-state index in [1.807, 2.05) is 23.0 Å². The molecule has 0 spiro atoms. The Bertz CT molecular complexity index is 620. The number of aromatic nitrogens is 2. The topological polar surface area (TPSA) is 54.2 Å². The number of nitrogens with zero attached hydrogens (tertiary/aromatic N) is 3. The highest BCUT2D eigenvalue weighted by atomic mass is 127. The van der Waals surface area contributed by atoms with Crippen molar-refractivity contribution in [1.82, 2.24) is 20.4 Å². The van der Waals surface area contributed by atoms with Crippen LogP contribution in [0.25, 0.3) is 5.69 Å². The van der Waals surface area contributed by atoms with E-state index in [0.717, 1.165) is 30.7 Å². The van der Waals surface area contributed by atoms with Crippen molar-refractivity contribution in [2.24, 2.45) is 10.9 Å². The van der Waals surface area contributed by atoms with Gasteiger partial charge in [-0.25, -0.2) is 9.67 Å². The lowest BCUT2D eigenvalue weighted by Gasteiger charge is -2.11. The van der Waals surface area contributed by atoms with Gasteiger partial charge in [0.05, 0.1) is 12.2 Å². The summed E-state index contributed by atoms with van der Waals surface area (Å²) in [7, 11) is 0. The smallest absolute Gasteiger partial charge is 0.191 e. The lowest BCUT2D eigenvalue weighted by molar-refractivity contribution is 0.739. The summed E-state index contributed by atoms with van der Waals surface area (Å²) in [6.45, 7) is 4.66. The number of benzene rings is 1. The molecule has 6 heteroatoms. The van der Waals surface area contributed by atoms with Crippen LogP contribution in [0, 0.1) is 5.92 Å². The highest BCUT2D eigenvalue weighted by molar-refractivity contribution is 14.0. The van der Waals surface area contributed by atoms with Gasteiger partial charge in [0.25, 0.3) is 0 Å². The van der Waals surface area contributed by atoms with E-state index >= 15 is 0 Å². The molecule has 3 rings (SSSR count).